The number of fused-ring (bicyclic) bond motifs is 3. The van der Waals surface area contributed by atoms with Crippen molar-refractivity contribution in [2.45, 2.75) is 62.6 Å². The SMILES string of the molecule is C[C@@H](OC(O)Nc1c(-c2ccc(C34CCC(CC(=O)O)(CC3)OC4)cc2)nnn1C)c1ccccc1. The molecule has 3 heterocycles. The summed E-state index contributed by atoms with van der Waals surface area (Å²) in [6, 6.07) is 17.9. The molecule has 9 nitrogen and oxygen atoms in total. The summed E-state index contributed by atoms with van der Waals surface area (Å²) in [5, 5.41) is 31.2. The van der Waals surface area contributed by atoms with Crippen LogP contribution in [0.15, 0.2) is 54.6 Å². The van der Waals surface area contributed by atoms with E-state index in [-0.39, 0.29) is 17.9 Å². The van der Waals surface area contributed by atoms with E-state index >= 15 is 0 Å². The Kier molecular flexibility index (Phi) is 6.55. The fraction of sp³-hybridized carbons (Fsp3) is 0.444. The molecule has 2 aromatic carbocycles. The molecule has 190 valence electrons. The fourth-order valence-corrected chi connectivity index (χ4v) is 5.48. The molecule has 3 aromatic rings. The normalized spacial score (nSPS) is 24.9. The van der Waals surface area contributed by atoms with Crippen molar-refractivity contribution in [3.63, 3.8) is 0 Å². The number of anilines is 1. The molecule has 2 aliphatic heterocycles. The van der Waals surface area contributed by atoms with Gasteiger partial charge in [0, 0.05) is 18.0 Å². The molecule has 3 fully saturated rings. The Labute approximate surface area is 210 Å². The van der Waals surface area contributed by atoms with E-state index in [1.807, 2.05) is 49.4 Å². The van der Waals surface area contributed by atoms with Crippen LogP contribution in [0.4, 0.5) is 5.82 Å². The van der Waals surface area contributed by atoms with Crippen molar-refractivity contribution in [1.29, 1.82) is 0 Å². The maximum Gasteiger partial charge on any atom is 0.306 e. The topological polar surface area (TPSA) is 119 Å². The van der Waals surface area contributed by atoms with E-state index in [9.17, 15) is 15.0 Å². The number of aliphatic carboxylic acids is 1. The minimum atomic E-state index is -1.25. The standard InChI is InChI=1S/C27H32N4O5/c1-18(19-6-4-3-5-7-19)36-25(34)28-24-23(29-30-31(24)2)20-8-10-21(11-9-20)26-12-14-27(15-13-26,35-17-26)16-22(32)33/h3-11,18,25,28,34H,12-17H2,1-2H3,(H,32,33)/t18-,25?,26?,27?/m1/s1. The van der Waals surface area contributed by atoms with Gasteiger partial charge in [-0.05, 0) is 43.7 Å². The quantitative estimate of drug-likeness (QED) is 0.384. The third kappa shape index (κ3) is 4.74. The number of aliphatic hydroxyl groups is 1. The van der Waals surface area contributed by atoms with Crippen molar-refractivity contribution >= 4 is 11.8 Å². The van der Waals surface area contributed by atoms with Crippen molar-refractivity contribution in [2.75, 3.05) is 11.9 Å². The molecular weight excluding hydrogens is 460 g/mol. The molecular formula is C27H32N4O5. The molecule has 36 heavy (non-hydrogen) atoms. The number of carbonyl (C=O) groups is 1. The molecule has 1 unspecified atom stereocenters. The van der Waals surface area contributed by atoms with Crippen LogP contribution in [0.3, 0.4) is 0 Å². The zero-order chi connectivity index (χ0) is 25.3. The van der Waals surface area contributed by atoms with E-state index in [0.717, 1.165) is 36.8 Å². The van der Waals surface area contributed by atoms with Gasteiger partial charge in [-0.3, -0.25) is 4.79 Å². The smallest absolute Gasteiger partial charge is 0.306 e. The first-order valence-electron chi connectivity index (χ1n) is 12.3. The molecule has 3 N–H and O–H groups in total. The van der Waals surface area contributed by atoms with Crippen LogP contribution in [0.1, 0.15) is 56.3 Å². The number of nitrogens with one attached hydrogen (secondary N) is 1. The van der Waals surface area contributed by atoms with Crippen molar-refractivity contribution in [2.24, 2.45) is 7.05 Å². The van der Waals surface area contributed by atoms with Gasteiger partial charge in [0.1, 0.15) is 5.69 Å². The van der Waals surface area contributed by atoms with Gasteiger partial charge in [0.25, 0.3) is 0 Å². The molecule has 0 radical (unpaired) electrons. The lowest BCUT2D eigenvalue weighted by Crippen LogP contribution is -2.54. The summed E-state index contributed by atoms with van der Waals surface area (Å²) < 4.78 is 13.4. The van der Waals surface area contributed by atoms with Gasteiger partial charge < -0.3 is 25.0 Å². The Bertz CT molecular complexity index is 1190. The van der Waals surface area contributed by atoms with Gasteiger partial charge in [0.15, 0.2) is 5.82 Å². The summed E-state index contributed by atoms with van der Waals surface area (Å²) in [4.78, 5) is 11.3. The summed E-state index contributed by atoms with van der Waals surface area (Å²) in [6.45, 7) is 2.42. The summed E-state index contributed by atoms with van der Waals surface area (Å²) in [7, 11) is 1.75. The zero-order valence-corrected chi connectivity index (χ0v) is 20.6. The second kappa shape index (κ2) is 9.65. The highest BCUT2D eigenvalue weighted by Crippen LogP contribution is 2.51. The highest BCUT2D eigenvalue weighted by molar-refractivity contribution is 5.71. The molecule has 1 saturated carbocycles. The number of hydrogen-bond donors (Lipinski definition) is 3. The molecule has 9 heteroatoms. The van der Waals surface area contributed by atoms with Crippen LogP contribution >= 0.6 is 0 Å². The average Bonchev–Trinajstić information content (AvgIpc) is 3.24. The van der Waals surface area contributed by atoms with Crippen molar-refractivity contribution < 1.29 is 24.5 Å². The first-order chi connectivity index (χ1) is 17.3. The van der Waals surface area contributed by atoms with E-state index in [1.165, 1.54) is 5.56 Å². The number of hydrogen-bond acceptors (Lipinski definition) is 7. The highest BCUT2D eigenvalue weighted by Gasteiger charge is 2.51. The third-order valence-corrected chi connectivity index (χ3v) is 7.71. The molecule has 0 spiro atoms. The predicted molar refractivity (Wildman–Crippen MR) is 133 cm³/mol. The summed E-state index contributed by atoms with van der Waals surface area (Å²) in [5.74, 6) is -0.252. The number of rotatable bonds is 9. The number of benzene rings is 2. The minimum Gasteiger partial charge on any atom is -0.481 e. The number of aryl methyl sites for hydroxylation is 1. The number of aliphatic hydroxyl groups excluding tert-OH is 1. The number of ether oxygens (including phenoxy) is 2. The Morgan fingerprint density at radius 2 is 1.83 bits per heavy atom. The van der Waals surface area contributed by atoms with Gasteiger partial charge in [-0.2, -0.15) is 0 Å². The van der Waals surface area contributed by atoms with Crippen LogP contribution < -0.4 is 5.32 Å². The number of nitrogens with zero attached hydrogens (tertiary/aromatic N) is 3. The maximum absolute atomic E-state index is 11.3. The van der Waals surface area contributed by atoms with Gasteiger partial charge in [-0.15, -0.1) is 5.10 Å². The first kappa shape index (κ1) is 24.4. The lowest BCUT2D eigenvalue weighted by atomic mass is 9.62. The van der Waals surface area contributed by atoms with E-state index in [4.69, 9.17) is 9.47 Å². The summed E-state index contributed by atoms with van der Waals surface area (Å²) in [5.41, 5.74) is 3.04. The average molecular weight is 493 g/mol. The van der Waals surface area contributed by atoms with Gasteiger partial charge in [0.05, 0.1) is 24.7 Å². The highest BCUT2D eigenvalue weighted by atomic mass is 16.6. The van der Waals surface area contributed by atoms with Gasteiger partial charge >= 0.3 is 5.97 Å². The molecule has 6 rings (SSSR count). The maximum atomic E-state index is 11.3. The van der Waals surface area contributed by atoms with Crippen LogP contribution in [0.5, 0.6) is 0 Å². The van der Waals surface area contributed by atoms with E-state index in [0.29, 0.717) is 18.1 Å². The first-order valence-corrected chi connectivity index (χ1v) is 12.3. The van der Waals surface area contributed by atoms with Crippen LogP contribution in [-0.2, 0) is 26.7 Å². The Morgan fingerprint density at radius 1 is 1.14 bits per heavy atom. The third-order valence-electron chi connectivity index (χ3n) is 7.71. The molecule has 3 aliphatic rings. The second-order valence-corrected chi connectivity index (χ2v) is 10.00. The lowest BCUT2D eigenvalue weighted by molar-refractivity contribution is -0.174. The fourth-order valence-electron chi connectivity index (χ4n) is 5.48. The number of carboxylic acids is 1. The summed E-state index contributed by atoms with van der Waals surface area (Å²) in [6.07, 6.45) is 1.88. The van der Waals surface area contributed by atoms with Crippen LogP contribution in [0, 0.1) is 0 Å². The number of carboxylic acid groups (broad SMARTS) is 1. The van der Waals surface area contributed by atoms with E-state index < -0.39 is 18.0 Å². The largest absolute Gasteiger partial charge is 0.481 e. The predicted octanol–water partition coefficient (Wildman–Crippen LogP) is 4.00. The van der Waals surface area contributed by atoms with Crippen molar-refractivity contribution in [3.05, 3.63) is 65.7 Å². The van der Waals surface area contributed by atoms with Gasteiger partial charge in [-0.1, -0.05) is 59.8 Å². The molecule has 2 atom stereocenters. The van der Waals surface area contributed by atoms with Crippen LogP contribution in [0.2, 0.25) is 0 Å². The van der Waals surface area contributed by atoms with Gasteiger partial charge in [0.2, 0.25) is 6.41 Å². The van der Waals surface area contributed by atoms with Crippen LogP contribution in [-0.4, -0.2) is 49.8 Å². The second-order valence-electron chi connectivity index (χ2n) is 10.00. The Morgan fingerprint density at radius 3 is 2.44 bits per heavy atom. The summed E-state index contributed by atoms with van der Waals surface area (Å²) >= 11 is 0. The minimum absolute atomic E-state index is 0.0736. The zero-order valence-electron chi connectivity index (χ0n) is 20.6. The molecule has 2 bridgehead atoms. The molecule has 1 aromatic heterocycles. The van der Waals surface area contributed by atoms with E-state index in [2.05, 4.69) is 27.8 Å². The Hall–Kier alpha value is -3.27. The Balaban J connectivity index is 1.28. The number of aromatic nitrogens is 3. The monoisotopic (exact) mass is 492 g/mol. The molecule has 1 aliphatic carbocycles. The molecule has 0 amide bonds. The lowest BCUT2D eigenvalue weighted by Gasteiger charge is -2.53. The van der Waals surface area contributed by atoms with E-state index in [1.54, 1.807) is 11.7 Å². The molecule has 2 saturated heterocycles. The van der Waals surface area contributed by atoms with Crippen molar-refractivity contribution in [3.8, 4) is 11.3 Å². The van der Waals surface area contributed by atoms with Gasteiger partial charge in [-0.25, -0.2) is 4.68 Å². The van der Waals surface area contributed by atoms with Crippen molar-refractivity contribution in [1.82, 2.24) is 15.0 Å². The van der Waals surface area contributed by atoms with Crippen LogP contribution in [0.25, 0.3) is 11.3 Å².